The molecule has 3 rings (SSSR count). The van der Waals surface area contributed by atoms with Gasteiger partial charge in [-0.2, -0.15) is 0 Å². The molecule has 0 spiro atoms. The highest BCUT2D eigenvalue weighted by atomic mass is 16.6. The number of hydrogen-bond donors (Lipinski definition) is 4. The molecule has 208 valence electrons. The number of unbranched alkanes of at least 4 members (excludes halogenated alkanes) is 1. The smallest absolute Gasteiger partial charge is 0.407 e. The number of para-hydroxylation sites is 1. The number of rotatable bonds is 11. The highest BCUT2D eigenvalue weighted by Gasteiger charge is 2.29. The zero-order chi connectivity index (χ0) is 28.6. The molecule has 0 fully saturated rings. The minimum absolute atomic E-state index is 0.000147. The van der Waals surface area contributed by atoms with E-state index in [1.54, 1.807) is 75.4 Å². The second-order valence-corrected chi connectivity index (χ2v) is 10.2. The number of aromatic nitrogens is 2. The van der Waals surface area contributed by atoms with Gasteiger partial charge in [0.15, 0.2) is 0 Å². The first-order valence-corrected chi connectivity index (χ1v) is 12.7. The molecule has 2 atom stereocenters. The Kier molecular flexibility index (Phi) is 9.64. The maximum absolute atomic E-state index is 13.5. The van der Waals surface area contributed by atoms with Crippen molar-refractivity contribution in [1.29, 1.82) is 0 Å². The SMILES string of the molecule is CC(C)(C)OC(=O)NCCCCC(NC(=O)C(Cc1ccccc1)n1c(=O)[nH]c2ccccc2c1=O)C(=O)O. The van der Waals surface area contributed by atoms with Gasteiger partial charge >= 0.3 is 17.8 Å². The number of nitrogens with one attached hydrogen (secondary N) is 3. The zero-order valence-corrected chi connectivity index (χ0v) is 22.2. The Morgan fingerprint density at radius 1 is 1.00 bits per heavy atom. The molecular formula is C28H34N4O7. The molecular weight excluding hydrogens is 504 g/mol. The molecule has 0 radical (unpaired) electrons. The molecule has 39 heavy (non-hydrogen) atoms. The number of carbonyl (C=O) groups is 3. The average Bonchev–Trinajstić information content (AvgIpc) is 2.86. The van der Waals surface area contributed by atoms with Gasteiger partial charge in [0, 0.05) is 13.0 Å². The molecule has 4 N–H and O–H groups in total. The molecule has 0 aliphatic carbocycles. The van der Waals surface area contributed by atoms with Crippen molar-refractivity contribution in [2.75, 3.05) is 6.54 Å². The van der Waals surface area contributed by atoms with Gasteiger partial charge in [-0.1, -0.05) is 42.5 Å². The zero-order valence-electron chi connectivity index (χ0n) is 22.2. The first-order valence-electron chi connectivity index (χ1n) is 12.7. The first kappa shape index (κ1) is 29.2. The van der Waals surface area contributed by atoms with E-state index in [2.05, 4.69) is 15.6 Å². The van der Waals surface area contributed by atoms with Crippen LogP contribution in [0.15, 0.2) is 64.2 Å². The lowest BCUT2D eigenvalue weighted by Crippen LogP contribution is -2.49. The molecule has 1 aromatic heterocycles. The number of benzene rings is 2. The fraction of sp³-hybridized carbons (Fsp3) is 0.393. The lowest BCUT2D eigenvalue weighted by molar-refractivity contribution is -0.142. The van der Waals surface area contributed by atoms with Crippen LogP contribution in [0.5, 0.6) is 0 Å². The van der Waals surface area contributed by atoms with E-state index in [0.717, 1.165) is 4.57 Å². The van der Waals surface area contributed by atoms with Crippen molar-refractivity contribution >= 4 is 28.9 Å². The van der Waals surface area contributed by atoms with Crippen LogP contribution in [0.2, 0.25) is 0 Å². The minimum Gasteiger partial charge on any atom is -0.480 e. The fourth-order valence-electron chi connectivity index (χ4n) is 4.10. The van der Waals surface area contributed by atoms with Crippen LogP contribution in [0.1, 0.15) is 51.6 Å². The average molecular weight is 539 g/mol. The quantitative estimate of drug-likeness (QED) is 0.273. The molecule has 3 aromatic rings. The van der Waals surface area contributed by atoms with Crippen molar-refractivity contribution in [1.82, 2.24) is 20.2 Å². The number of carboxylic acid groups (broad SMARTS) is 1. The predicted molar refractivity (Wildman–Crippen MR) is 146 cm³/mol. The van der Waals surface area contributed by atoms with E-state index in [1.165, 1.54) is 0 Å². The Bertz CT molecular complexity index is 1420. The van der Waals surface area contributed by atoms with Crippen LogP contribution in [0.25, 0.3) is 10.9 Å². The summed E-state index contributed by atoms with van der Waals surface area (Å²) >= 11 is 0. The van der Waals surface area contributed by atoms with E-state index in [0.29, 0.717) is 23.9 Å². The predicted octanol–water partition coefficient (Wildman–Crippen LogP) is 2.74. The Labute approximate surface area is 225 Å². The van der Waals surface area contributed by atoms with Gasteiger partial charge in [-0.05, 0) is 57.7 Å². The molecule has 2 amide bonds. The second kappa shape index (κ2) is 12.9. The lowest BCUT2D eigenvalue weighted by Gasteiger charge is -2.22. The second-order valence-electron chi connectivity index (χ2n) is 10.2. The molecule has 0 bridgehead atoms. The van der Waals surface area contributed by atoms with Gasteiger partial charge in [-0.3, -0.25) is 9.59 Å². The van der Waals surface area contributed by atoms with Crippen molar-refractivity contribution in [3.05, 3.63) is 81.0 Å². The van der Waals surface area contributed by atoms with Crippen molar-refractivity contribution < 1.29 is 24.2 Å². The maximum Gasteiger partial charge on any atom is 0.407 e. The molecule has 11 nitrogen and oxygen atoms in total. The van der Waals surface area contributed by atoms with Crippen LogP contribution in [0.4, 0.5) is 4.79 Å². The summed E-state index contributed by atoms with van der Waals surface area (Å²) in [5, 5.41) is 15.1. The molecule has 0 saturated heterocycles. The monoisotopic (exact) mass is 538 g/mol. The van der Waals surface area contributed by atoms with E-state index >= 15 is 0 Å². The number of aliphatic carboxylic acids is 1. The summed E-state index contributed by atoms with van der Waals surface area (Å²) in [7, 11) is 0. The summed E-state index contributed by atoms with van der Waals surface area (Å²) in [5.74, 6) is -2.01. The topological polar surface area (TPSA) is 160 Å². The summed E-state index contributed by atoms with van der Waals surface area (Å²) in [6, 6.07) is 12.8. The number of H-pyrrole nitrogens is 1. The molecule has 0 aliphatic heterocycles. The van der Waals surface area contributed by atoms with E-state index in [-0.39, 0.29) is 24.8 Å². The number of carbonyl (C=O) groups excluding carboxylic acids is 2. The van der Waals surface area contributed by atoms with Gasteiger partial charge < -0.3 is 25.5 Å². The first-order chi connectivity index (χ1) is 18.5. The van der Waals surface area contributed by atoms with Gasteiger partial charge in [0.25, 0.3) is 5.56 Å². The number of ether oxygens (including phenoxy) is 1. The van der Waals surface area contributed by atoms with Crippen LogP contribution >= 0.6 is 0 Å². The van der Waals surface area contributed by atoms with Crippen molar-refractivity contribution in [3.8, 4) is 0 Å². The Hall–Kier alpha value is -4.41. The third kappa shape index (κ3) is 8.29. The van der Waals surface area contributed by atoms with Gasteiger partial charge in [-0.25, -0.2) is 19.0 Å². The third-order valence-corrected chi connectivity index (χ3v) is 5.93. The number of fused-ring (bicyclic) bond motifs is 1. The summed E-state index contributed by atoms with van der Waals surface area (Å²) in [6.45, 7) is 5.51. The van der Waals surface area contributed by atoms with Crippen LogP contribution in [0, 0.1) is 0 Å². The molecule has 0 aliphatic rings. The number of hydrogen-bond acceptors (Lipinski definition) is 6. The molecule has 1 heterocycles. The summed E-state index contributed by atoms with van der Waals surface area (Å²) in [4.78, 5) is 66.1. The van der Waals surface area contributed by atoms with Gasteiger partial charge in [0.05, 0.1) is 10.9 Å². The Morgan fingerprint density at radius 3 is 2.33 bits per heavy atom. The third-order valence-electron chi connectivity index (χ3n) is 5.93. The van der Waals surface area contributed by atoms with E-state index < -0.39 is 46.9 Å². The molecule has 2 aromatic carbocycles. The summed E-state index contributed by atoms with van der Waals surface area (Å²) < 4.78 is 6.00. The van der Waals surface area contributed by atoms with Crippen LogP contribution in [-0.4, -0.2) is 50.8 Å². The van der Waals surface area contributed by atoms with E-state index in [4.69, 9.17) is 4.74 Å². The summed E-state index contributed by atoms with van der Waals surface area (Å²) in [6.07, 6.45) is 0.349. The Balaban J connectivity index is 1.76. The highest BCUT2D eigenvalue weighted by molar-refractivity contribution is 5.86. The molecule has 0 saturated carbocycles. The number of amides is 2. The highest BCUT2D eigenvalue weighted by Crippen LogP contribution is 2.15. The summed E-state index contributed by atoms with van der Waals surface area (Å²) in [5.41, 5.74) is -1.02. The van der Waals surface area contributed by atoms with Crippen molar-refractivity contribution in [2.24, 2.45) is 0 Å². The standard InChI is InChI=1S/C28H34N4O7/c1-28(2,3)39-27(38)29-16-10-9-15-21(25(35)36)30-23(33)22(17-18-11-5-4-6-12-18)32-24(34)19-13-7-8-14-20(19)31-26(32)37/h4-8,11-14,21-22H,9-10,15-17H2,1-3H3,(H,29,38)(H,30,33)(H,31,37)(H,35,36). The van der Waals surface area contributed by atoms with E-state index in [9.17, 15) is 29.1 Å². The van der Waals surface area contributed by atoms with Gasteiger partial charge in [0.1, 0.15) is 17.7 Å². The van der Waals surface area contributed by atoms with Crippen LogP contribution in [0.3, 0.4) is 0 Å². The maximum atomic E-state index is 13.5. The fourth-order valence-corrected chi connectivity index (χ4v) is 4.10. The van der Waals surface area contributed by atoms with Crippen LogP contribution < -0.4 is 21.9 Å². The number of nitrogens with zero attached hydrogens (tertiary/aromatic N) is 1. The largest absolute Gasteiger partial charge is 0.480 e. The molecule has 2 unspecified atom stereocenters. The number of carboxylic acids is 1. The van der Waals surface area contributed by atoms with E-state index in [1.807, 2.05) is 0 Å². The van der Waals surface area contributed by atoms with Crippen LogP contribution in [-0.2, 0) is 20.7 Å². The Morgan fingerprint density at radius 2 is 1.67 bits per heavy atom. The number of alkyl carbamates (subject to hydrolysis) is 1. The molecule has 11 heteroatoms. The minimum atomic E-state index is -1.29. The van der Waals surface area contributed by atoms with Gasteiger partial charge in [0.2, 0.25) is 5.91 Å². The van der Waals surface area contributed by atoms with Gasteiger partial charge in [-0.15, -0.1) is 0 Å². The van der Waals surface area contributed by atoms with Crippen molar-refractivity contribution in [3.63, 3.8) is 0 Å². The number of aromatic amines is 1. The normalized spacial score (nSPS) is 12.9. The van der Waals surface area contributed by atoms with Crippen molar-refractivity contribution in [2.45, 2.75) is 64.1 Å². The lowest BCUT2D eigenvalue weighted by atomic mass is 10.0.